The first-order valence-corrected chi connectivity index (χ1v) is 6.89. The maximum absolute atomic E-state index is 4.46. The maximum atomic E-state index is 4.46. The van der Waals surface area contributed by atoms with E-state index in [-0.39, 0.29) is 5.54 Å². The standard InChI is InChI=1S/C13H24N4/c1-4-7-13(8-6-9-14-13)12-16-15-11(3)17(12)10-5-2/h14H,4-10H2,1-3H3. The molecule has 1 fully saturated rings. The summed E-state index contributed by atoms with van der Waals surface area (Å²) in [4.78, 5) is 0. The zero-order chi connectivity index (χ0) is 12.3. The van der Waals surface area contributed by atoms with Crippen LogP contribution in [0, 0.1) is 6.92 Å². The Kier molecular flexibility index (Phi) is 3.82. The van der Waals surface area contributed by atoms with Gasteiger partial charge in [0, 0.05) is 6.54 Å². The predicted octanol–water partition coefficient (Wildman–Crippen LogP) is 2.38. The molecule has 4 heteroatoms. The van der Waals surface area contributed by atoms with Crippen molar-refractivity contribution in [2.24, 2.45) is 0 Å². The van der Waals surface area contributed by atoms with Crippen LogP contribution < -0.4 is 5.32 Å². The Hall–Kier alpha value is -0.900. The first kappa shape index (κ1) is 12.6. The highest BCUT2D eigenvalue weighted by molar-refractivity contribution is 5.11. The van der Waals surface area contributed by atoms with E-state index >= 15 is 0 Å². The van der Waals surface area contributed by atoms with Crippen LogP contribution >= 0.6 is 0 Å². The Morgan fingerprint density at radius 2 is 2.12 bits per heavy atom. The van der Waals surface area contributed by atoms with Crippen LogP contribution in [0.5, 0.6) is 0 Å². The minimum absolute atomic E-state index is 0.0885. The highest BCUT2D eigenvalue weighted by atomic mass is 15.3. The third-order valence-electron chi connectivity index (χ3n) is 3.73. The molecule has 1 aliphatic heterocycles. The molecule has 0 aliphatic carbocycles. The molecule has 0 amide bonds. The van der Waals surface area contributed by atoms with E-state index in [0.717, 1.165) is 37.6 Å². The summed E-state index contributed by atoms with van der Waals surface area (Å²) in [5, 5.41) is 12.4. The van der Waals surface area contributed by atoms with Gasteiger partial charge in [0.25, 0.3) is 0 Å². The lowest BCUT2D eigenvalue weighted by atomic mass is 9.91. The summed E-state index contributed by atoms with van der Waals surface area (Å²) in [7, 11) is 0. The molecule has 1 saturated heterocycles. The molecule has 1 aliphatic rings. The minimum atomic E-state index is 0.0885. The summed E-state index contributed by atoms with van der Waals surface area (Å²) in [6.07, 6.45) is 5.93. The Morgan fingerprint density at radius 1 is 1.29 bits per heavy atom. The molecular weight excluding hydrogens is 212 g/mol. The van der Waals surface area contributed by atoms with E-state index in [0.29, 0.717) is 0 Å². The summed E-state index contributed by atoms with van der Waals surface area (Å²) in [6, 6.07) is 0. The summed E-state index contributed by atoms with van der Waals surface area (Å²) in [5.74, 6) is 2.21. The number of nitrogens with zero attached hydrogens (tertiary/aromatic N) is 3. The molecule has 0 bridgehead atoms. The van der Waals surface area contributed by atoms with Crippen molar-refractivity contribution in [3.63, 3.8) is 0 Å². The molecule has 1 unspecified atom stereocenters. The molecule has 1 aromatic rings. The predicted molar refractivity (Wildman–Crippen MR) is 68.9 cm³/mol. The van der Waals surface area contributed by atoms with Crippen LogP contribution in [0.1, 0.15) is 57.6 Å². The molecule has 1 aromatic heterocycles. The minimum Gasteiger partial charge on any atom is -0.314 e. The van der Waals surface area contributed by atoms with E-state index in [1.807, 2.05) is 0 Å². The molecule has 1 atom stereocenters. The summed E-state index contributed by atoms with van der Waals surface area (Å²) in [6.45, 7) is 8.65. The van der Waals surface area contributed by atoms with Crippen molar-refractivity contribution >= 4 is 0 Å². The number of hydrogen-bond donors (Lipinski definition) is 1. The van der Waals surface area contributed by atoms with Crippen molar-refractivity contribution < 1.29 is 0 Å². The Bertz CT molecular complexity index is 363. The van der Waals surface area contributed by atoms with Gasteiger partial charge in [0.05, 0.1) is 5.54 Å². The quantitative estimate of drug-likeness (QED) is 0.853. The van der Waals surface area contributed by atoms with Crippen LogP contribution in [-0.4, -0.2) is 21.3 Å². The zero-order valence-corrected chi connectivity index (χ0v) is 11.3. The molecule has 0 saturated carbocycles. The van der Waals surface area contributed by atoms with Gasteiger partial charge in [-0.1, -0.05) is 20.3 Å². The second-order valence-electron chi connectivity index (χ2n) is 5.08. The van der Waals surface area contributed by atoms with Crippen LogP contribution in [0.2, 0.25) is 0 Å². The number of rotatable bonds is 5. The smallest absolute Gasteiger partial charge is 0.153 e. The average molecular weight is 236 g/mol. The van der Waals surface area contributed by atoms with Gasteiger partial charge in [-0.25, -0.2) is 0 Å². The van der Waals surface area contributed by atoms with Crippen molar-refractivity contribution in [2.45, 2.75) is 65.0 Å². The molecule has 4 nitrogen and oxygen atoms in total. The van der Waals surface area contributed by atoms with Crippen molar-refractivity contribution in [1.82, 2.24) is 20.1 Å². The Labute approximate surface area is 104 Å². The van der Waals surface area contributed by atoms with Crippen molar-refractivity contribution in [3.8, 4) is 0 Å². The third-order valence-corrected chi connectivity index (χ3v) is 3.73. The van der Waals surface area contributed by atoms with Gasteiger partial charge in [-0.2, -0.15) is 0 Å². The van der Waals surface area contributed by atoms with Gasteiger partial charge < -0.3 is 9.88 Å². The molecule has 2 rings (SSSR count). The Morgan fingerprint density at radius 3 is 2.71 bits per heavy atom. The number of hydrogen-bond acceptors (Lipinski definition) is 3. The highest BCUT2D eigenvalue weighted by Gasteiger charge is 2.38. The van der Waals surface area contributed by atoms with E-state index in [9.17, 15) is 0 Å². The first-order valence-electron chi connectivity index (χ1n) is 6.89. The third kappa shape index (κ3) is 2.23. The fraction of sp³-hybridized carbons (Fsp3) is 0.846. The van der Waals surface area contributed by atoms with Gasteiger partial charge in [-0.3, -0.25) is 0 Å². The summed E-state index contributed by atoms with van der Waals surface area (Å²) >= 11 is 0. The number of nitrogens with one attached hydrogen (secondary N) is 1. The highest BCUT2D eigenvalue weighted by Crippen LogP contribution is 2.34. The molecule has 0 radical (unpaired) electrons. The zero-order valence-electron chi connectivity index (χ0n) is 11.3. The molecule has 0 aromatic carbocycles. The largest absolute Gasteiger partial charge is 0.314 e. The van der Waals surface area contributed by atoms with E-state index < -0.39 is 0 Å². The number of aryl methyl sites for hydroxylation is 1. The van der Waals surface area contributed by atoms with Crippen molar-refractivity contribution in [1.29, 1.82) is 0 Å². The van der Waals surface area contributed by atoms with Gasteiger partial charge in [0.1, 0.15) is 5.82 Å². The van der Waals surface area contributed by atoms with Crippen LogP contribution in [0.3, 0.4) is 0 Å². The van der Waals surface area contributed by atoms with E-state index in [2.05, 4.69) is 40.9 Å². The lowest BCUT2D eigenvalue weighted by Crippen LogP contribution is -2.39. The van der Waals surface area contributed by atoms with Gasteiger partial charge in [0.2, 0.25) is 0 Å². The topological polar surface area (TPSA) is 42.7 Å². The van der Waals surface area contributed by atoms with E-state index in [1.54, 1.807) is 0 Å². The maximum Gasteiger partial charge on any atom is 0.153 e. The van der Waals surface area contributed by atoms with Gasteiger partial charge >= 0.3 is 0 Å². The lowest BCUT2D eigenvalue weighted by Gasteiger charge is -2.28. The normalized spacial score (nSPS) is 24.4. The Balaban J connectivity index is 2.35. The van der Waals surface area contributed by atoms with Crippen LogP contribution in [0.25, 0.3) is 0 Å². The fourth-order valence-corrected chi connectivity index (χ4v) is 2.98. The average Bonchev–Trinajstić information content (AvgIpc) is 2.90. The molecular formula is C13H24N4. The van der Waals surface area contributed by atoms with Crippen molar-refractivity contribution in [2.75, 3.05) is 6.54 Å². The fourth-order valence-electron chi connectivity index (χ4n) is 2.98. The van der Waals surface area contributed by atoms with Crippen LogP contribution in [0.15, 0.2) is 0 Å². The summed E-state index contributed by atoms with van der Waals surface area (Å²) in [5.41, 5.74) is 0.0885. The second kappa shape index (κ2) is 5.17. The monoisotopic (exact) mass is 236 g/mol. The summed E-state index contributed by atoms with van der Waals surface area (Å²) < 4.78 is 2.30. The first-order chi connectivity index (χ1) is 8.23. The molecule has 17 heavy (non-hydrogen) atoms. The van der Waals surface area contributed by atoms with Crippen LogP contribution in [-0.2, 0) is 12.1 Å². The molecule has 2 heterocycles. The van der Waals surface area contributed by atoms with E-state index in [4.69, 9.17) is 0 Å². The molecule has 96 valence electrons. The van der Waals surface area contributed by atoms with E-state index in [1.165, 1.54) is 19.3 Å². The van der Waals surface area contributed by atoms with Crippen LogP contribution in [0.4, 0.5) is 0 Å². The molecule has 0 spiro atoms. The lowest BCUT2D eigenvalue weighted by molar-refractivity contribution is 0.318. The SMILES string of the molecule is CCCn1c(C)nnc1C1(CCC)CCCN1. The van der Waals surface area contributed by atoms with Gasteiger partial charge in [-0.15, -0.1) is 10.2 Å². The second-order valence-corrected chi connectivity index (χ2v) is 5.08. The van der Waals surface area contributed by atoms with Gasteiger partial charge in [-0.05, 0) is 39.2 Å². The molecule has 1 N–H and O–H groups in total. The van der Waals surface area contributed by atoms with Gasteiger partial charge in [0.15, 0.2) is 5.82 Å². The number of aromatic nitrogens is 3. The van der Waals surface area contributed by atoms with Crippen molar-refractivity contribution in [3.05, 3.63) is 11.6 Å².